The monoisotopic (exact) mass is 399 g/mol. The molecule has 0 saturated heterocycles. The van der Waals surface area contributed by atoms with Gasteiger partial charge in [-0.3, -0.25) is 4.79 Å². The smallest absolute Gasteiger partial charge is 0.325 e. The molecule has 0 atom stereocenters. The molecule has 0 bridgehead atoms. The number of hydrogen-bond donors (Lipinski definition) is 1. The number of nitrogens with zero attached hydrogens (tertiary/aromatic N) is 2. The fourth-order valence-corrected chi connectivity index (χ4v) is 3.39. The standard InChI is InChI=1S/C17H13ClF3N3OS/c1-24-14-5-3-2-4-13(14)23-16(24)26-9-15(25)22-12-7-6-10(18)8-11(12)17(19,20)21/h2-8H,9H2,1H3,(H,22,25). The van der Waals surface area contributed by atoms with Gasteiger partial charge >= 0.3 is 6.18 Å². The average molecular weight is 400 g/mol. The summed E-state index contributed by atoms with van der Waals surface area (Å²) in [7, 11) is 1.82. The second-order valence-electron chi connectivity index (χ2n) is 5.47. The Kier molecular flexibility index (Phi) is 5.15. The van der Waals surface area contributed by atoms with Crippen LogP contribution < -0.4 is 5.32 Å². The molecule has 136 valence electrons. The minimum absolute atomic E-state index is 0.0515. The van der Waals surface area contributed by atoms with E-state index in [1.165, 1.54) is 6.07 Å². The largest absolute Gasteiger partial charge is 0.418 e. The topological polar surface area (TPSA) is 46.9 Å². The summed E-state index contributed by atoms with van der Waals surface area (Å²) in [5, 5.41) is 2.85. The number of aromatic nitrogens is 2. The van der Waals surface area contributed by atoms with Crippen molar-refractivity contribution in [3.05, 3.63) is 53.1 Å². The summed E-state index contributed by atoms with van der Waals surface area (Å²) < 4.78 is 41.0. The number of nitrogens with one attached hydrogen (secondary N) is 1. The molecule has 1 N–H and O–H groups in total. The summed E-state index contributed by atoms with van der Waals surface area (Å²) in [6.07, 6.45) is -4.61. The van der Waals surface area contributed by atoms with Crippen LogP contribution in [0.4, 0.5) is 18.9 Å². The molecule has 0 saturated carbocycles. The van der Waals surface area contributed by atoms with Crippen LogP contribution in [-0.4, -0.2) is 21.2 Å². The second kappa shape index (κ2) is 7.20. The number of rotatable bonds is 4. The molecule has 0 fully saturated rings. The number of alkyl halides is 3. The third-order valence-electron chi connectivity index (χ3n) is 3.64. The Morgan fingerprint density at radius 2 is 2.00 bits per heavy atom. The van der Waals surface area contributed by atoms with Crippen molar-refractivity contribution in [2.45, 2.75) is 11.3 Å². The van der Waals surface area contributed by atoms with E-state index in [2.05, 4.69) is 10.3 Å². The number of aryl methyl sites for hydroxylation is 1. The van der Waals surface area contributed by atoms with Crippen molar-refractivity contribution >= 4 is 46.0 Å². The molecule has 1 heterocycles. The number of para-hydroxylation sites is 2. The summed E-state index contributed by atoms with van der Waals surface area (Å²) in [6, 6.07) is 10.7. The quantitative estimate of drug-likeness (QED) is 0.629. The zero-order valence-electron chi connectivity index (χ0n) is 13.5. The van der Waals surface area contributed by atoms with Crippen molar-refractivity contribution < 1.29 is 18.0 Å². The Balaban J connectivity index is 1.72. The maximum Gasteiger partial charge on any atom is 0.418 e. The van der Waals surface area contributed by atoms with Crippen LogP contribution >= 0.6 is 23.4 Å². The summed E-state index contributed by atoms with van der Waals surface area (Å²) in [4.78, 5) is 16.5. The zero-order valence-corrected chi connectivity index (χ0v) is 15.0. The highest BCUT2D eigenvalue weighted by Gasteiger charge is 2.34. The van der Waals surface area contributed by atoms with Crippen molar-refractivity contribution in [1.82, 2.24) is 9.55 Å². The van der Waals surface area contributed by atoms with Crippen molar-refractivity contribution in [2.75, 3.05) is 11.1 Å². The van der Waals surface area contributed by atoms with Crippen LogP contribution in [0.3, 0.4) is 0 Å². The third kappa shape index (κ3) is 3.96. The van der Waals surface area contributed by atoms with Crippen LogP contribution in [0.2, 0.25) is 5.02 Å². The van der Waals surface area contributed by atoms with Crippen LogP contribution in [0, 0.1) is 0 Å². The van der Waals surface area contributed by atoms with Gasteiger partial charge in [0.25, 0.3) is 0 Å². The van der Waals surface area contributed by atoms with E-state index in [0.717, 1.165) is 34.9 Å². The lowest BCUT2D eigenvalue weighted by Gasteiger charge is -2.14. The van der Waals surface area contributed by atoms with Crippen LogP contribution in [0.15, 0.2) is 47.6 Å². The van der Waals surface area contributed by atoms with E-state index in [-0.39, 0.29) is 16.5 Å². The van der Waals surface area contributed by atoms with Gasteiger partial charge in [0.2, 0.25) is 5.91 Å². The molecule has 0 aliphatic heterocycles. The zero-order chi connectivity index (χ0) is 18.9. The van der Waals surface area contributed by atoms with E-state index in [0.29, 0.717) is 5.16 Å². The van der Waals surface area contributed by atoms with Gasteiger partial charge < -0.3 is 9.88 Å². The first-order valence-corrected chi connectivity index (χ1v) is 8.83. The molecule has 4 nitrogen and oxygen atoms in total. The Bertz CT molecular complexity index is 972. The lowest BCUT2D eigenvalue weighted by molar-refractivity contribution is -0.137. The van der Waals surface area contributed by atoms with E-state index in [1.807, 2.05) is 35.9 Å². The number of carbonyl (C=O) groups excluding carboxylic acids is 1. The van der Waals surface area contributed by atoms with E-state index in [1.54, 1.807) is 0 Å². The van der Waals surface area contributed by atoms with Crippen molar-refractivity contribution in [3.63, 3.8) is 0 Å². The van der Waals surface area contributed by atoms with Gasteiger partial charge in [0.15, 0.2) is 5.16 Å². The first-order chi connectivity index (χ1) is 12.3. The minimum atomic E-state index is -4.61. The highest BCUT2D eigenvalue weighted by molar-refractivity contribution is 7.99. The summed E-state index contributed by atoms with van der Waals surface area (Å²) in [5.74, 6) is -0.633. The molecule has 0 aliphatic rings. The molecule has 26 heavy (non-hydrogen) atoms. The average Bonchev–Trinajstić information content (AvgIpc) is 2.90. The number of thioether (sulfide) groups is 1. The molecule has 9 heteroatoms. The van der Waals surface area contributed by atoms with Crippen LogP contribution in [0.5, 0.6) is 0 Å². The molecule has 0 unspecified atom stereocenters. The van der Waals surface area contributed by atoms with Crippen molar-refractivity contribution in [3.8, 4) is 0 Å². The number of carbonyl (C=O) groups is 1. The molecule has 2 aromatic carbocycles. The predicted molar refractivity (Wildman–Crippen MR) is 96.5 cm³/mol. The van der Waals surface area contributed by atoms with Gasteiger partial charge in [-0.2, -0.15) is 13.2 Å². The number of fused-ring (bicyclic) bond motifs is 1. The van der Waals surface area contributed by atoms with Gasteiger partial charge in [-0.05, 0) is 30.3 Å². The van der Waals surface area contributed by atoms with E-state index in [4.69, 9.17) is 11.6 Å². The van der Waals surface area contributed by atoms with Crippen LogP contribution in [0.25, 0.3) is 11.0 Å². The maximum absolute atomic E-state index is 13.1. The highest BCUT2D eigenvalue weighted by Crippen LogP contribution is 2.36. The molecular formula is C17H13ClF3N3OS. The number of benzene rings is 2. The first-order valence-electron chi connectivity index (χ1n) is 7.46. The van der Waals surface area contributed by atoms with Gasteiger partial charge in [0, 0.05) is 12.1 Å². The molecular weight excluding hydrogens is 387 g/mol. The Morgan fingerprint density at radius 3 is 2.69 bits per heavy atom. The van der Waals surface area contributed by atoms with Gasteiger partial charge in [0.1, 0.15) is 0 Å². The second-order valence-corrected chi connectivity index (χ2v) is 6.85. The predicted octanol–water partition coefficient (Wildman–Crippen LogP) is 4.98. The fraction of sp³-hybridized carbons (Fsp3) is 0.176. The molecule has 3 aromatic rings. The number of halogens is 4. The number of imidazole rings is 1. The lowest BCUT2D eigenvalue weighted by Crippen LogP contribution is -2.18. The van der Waals surface area contributed by atoms with Crippen molar-refractivity contribution in [2.24, 2.45) is 7.05 Å². The third-order valence-corrected chi connectivity index (χ3v) is 4.90. The lowest BCUT2D eigenvalue weighted by atomic mass is 10.1. The van der Waals surface area contributed by atoms with Gasteiger partial charge in [0.05, 0.1) is 28.0 Å². The first kappa shape index (κ1) is 18.6. The summed E-state index contributed by atoms with van der Waals surface area (Å²) in [6.45, 7) is 0. The Morgan fingerprint density at radius 1 is 1.27 bits per heavy atom. The van der Waals surface area contributed by atoms with Crippen LogP contribution in [0.1, 0.15) is 5.56 Å². The maximum atomic E-state index is 13.1. The SMILES string of the molecule is Cn1c(SCC(=O)Nc2ccc(Cl)cc2C(F)(F)F)nc2ccccc21. The Labute approximate surface area is 156 Å². The minimum Gasteiger partial charge on any atom is -0.325 e. The van der Waals surface area contributed by atoms with E-state index >= 15 is 0 Å². The molecule has 3 rings (SSSR count). The summed E-state index contributed by atoms with van der Waals surface area (Å²) >= 11 is 6.78. The molecule has 0 radical (unpaired) electrons. The highest BCUT2D eigenvalue weighted by atomic mass is 35.5. The molecule has 0 aliphatic carbocycles. The van der Waals surface area contributed by atoms with Crippen molar-refractivity contribution in [1.29, 1.82) is 0 Å². The van der Waals surface area contributed by atoms with Gasteiger partial charge in [-0.1, -0.05) is 35.5 Å². The fourth-order valence-electron chi connectivity index (χ4n) is 2.43. The molecule has 1 amide bonds. The van der Waals surface area contributed by atoms with E-state index in [9.17, 15) is 18.0 Å². The number of hydrogen-bond acceptors (Lipinski definition) is 3. The van der Waals surface area contributed by atoms with Crippen LogP contribution in [-0.2, 0) is 18.0 Å². The van der Waals surface area contributed by atoms with Gasteiger partial charge in [-0.15, -0.1) is 0 Å². The normalized spacial score (nSPS) is 11.7. The van der Waals surface area contributed by atoms with Gasteiger partial charge in [-0.25, -0.2) is 4.98 Å². The number of amides is 1. The summed E-state index contributed by atoms with van der Waals surface area (Å²) in [5.41, 5.74) is 0.394. The molecule has 1 aromatic heterocycles. The number of anilines is 1. The molecule has 0 spiro atoms. The Hall–Kier alpha value is -2.19. The van der Waals surface area contributed by atoms with E-state index < -0.39 is 17.6 Å².